The topological polar surface area (TPSA) is 102 Å². The van der Waals surface area contributed by atoms with E-state index < -0.39 is 9.85 Å². The summed E-state index contributed by atoms with van der Waals surface area (Å²) >= 11 is 0. The summed E-state index contributed by atoms with van der Waals surface area (Å²) in [6.07, 6.45) is 0. The molecule has 0 unspecified atom stereocenters. The fraction of sp³-hybridized carbons (Fsp3) is 0. The number of hydrogen-bond donors (Lipinski definition) is 0. The van der Waals surface area contributed by atoms with Crippen LogP contribution in [0.5, 0.6) is 0 Å². The monoisotopic (exact) mass is 436 g/mol. The van der Waals surface area contributed by atoms with Gasteiger partial charge in [-0.15, -0.1) is 0 Å². The van der Waals surface area contributed by atoms with Gasteiger partial charge < -0.3 is 4.90 Å². The third-order valence-electron chi connectivity index (χ3n) is 5.42. The van der Waals surface area contributed by atoms with Crippen LogP contribution in [0.3, 0.4) is 0 Å². The highest BCUT2D eigenvalue weighted by Gasteiger charge is 2.21. The number of rotatable bonds is 5. The lowest BCUT2D eigenvalue weighted by Gasteiger charge is -2.28. The molecule has 8 nitrogen and oxygen atoms in total. The summed E-state index contributed by atoms with van der Waals surface area (Å²) in [4.78, 5) is 28.2. The van der Waals surface area contributed by atoms with Crippen LogP contribution in [0, 0.1) is 20.2 Å². The van der Waals surface area contributed by atoms with Gasteiger partial charge in [0, 0.05) is 46.4 Å². The van der Waals surface area contributed by atoms with Crippen molar-refractivity contribution in [2.45, 2.75) is 0 Å². The molecule has 0 fully saturated rings. The number of nitrogens with zero attached hydrogens (tertiary/aromatic N) is 4. The van der Waals surface area contributed by atoms with E-state index in [0.29, 0.717) is 11.4 Å². The minimum absolute atomic E-state index is 0.0214. The SMILES string of the molecule is O=[N+]([O-])c1ccc(N(c2ccc([N+](=O)[O-])cc2)c2c3ccccc3nc3ccccc23)cc1. The van der Waals surface area contributed by atoms with Crippen molar-refractivity contribution in [3.63, 3.8) is 0 Å². The largest absolute Gasteiger partial charge is 0.309 e. The summed E-state index contributed by atoms with van der Waals surface area (Å²) in [5.74, 6) is 0. The fourth-order valence-electron chi connectivity index (χ4n) is 3.91. The second-order valence-electron chi connectivity index (χ2n) is 7.38. The van der Waals surface area contributed by atoms with Gasteiger partial charge in [0.1, 0.15) is 0 Å². The highest BCUT2D eigenvalue weighted by Crippen LogP contribution is 2.43. The van der Waals surface area contributed by atoms with Crippen molar-refractivity contribution in [3.05, 3.63) is 117 Å². The molecule has 0 N–H and O–H groups in total. The van der Waals surface area contributed by atoms with Gasteiger partial charge in [-0.3, -0.25) is 20.2 Å². The van der Waals surface area contributed by atoms with Gasteiger partial charge in [0.05, 0.1) is 26.6 Å². The van der Waals surface area contributed by atoms with Gasteiger partial charge in [-0.2, -0.15) is 0 Å². The van der Waals surface area contributed by atoms with E-state index in [9.17, 15) is 20.2 Å². The number of fused-ring (bicyclic) bond motifs is 2. The Morgan fingerprint density at radius 3 is 1.36 bits per heavy atom. The molecule has 8 heteroatoms. The second kappa shape index (κ2) is 8.01. The predicted octanol–water partition coefficient (Wildman–Crippen LogP) is 6.67. The van der Waals surface area contributed by atoms with E-state index in [1.165, 1.54) is 24.3 Å². The zero-order valence-corrected chi connectivity index (χ0v) is 17.2. The molecule has 0 aliphatic carbocycles. The van der Waals surface area contributed by atoms with E-state index in [1.54, 1.807) is 24.3 Å². The number of para-hydroxylation sites is 2. The number of benzene rings is 4. The van der Waals surface area contributed by atoms with Crippen LogP contribution in [0.25, 0.3) is 21.8 Å². The van der Waals surface area contributed by atoms with Crippen molar-refractivity contribution >= 4 is 50.2 Å². The van der Waals surface area contributed by atoms with Gasteiger partial charge in [0.15, 0.2) is 0 Å². The molecule has 0 spiro atoms. The molecule has 0 bridgehead atoms. The molecule has 0 saturated carbocycles. The minimum atomic E-state index is -0.447. The second-order valence-corrected chi connectivity index (χ2v) is 7.38. The molecule has 1 aromatic heterocycles. The van der Waals surface area contributed by atoms with Gasteiger partial charge in [-0.05, 0) is 36.4 Å². The summed E-state index contributed by atoms with van der Waals surface area (Å²) in [7, 11) is 0. The summed E-state index contributed by atoms with van der Waals surface area (Å²) in [5, 5.41) is 24.2. The molecule has 0 radical (unpaired) electrons. The molecule has 0 aliphatic rings. The number of nitro benzene ring substituents is 2. The van der Waals surface area contributed by atoms with Gasteiger partial charge in [0.2, 0.25) is 0 Å². The van der Waals surface area contributed by atoms with E-state index in [2.05, 4.69) is 0 Å². The Morgan fingerprint density at radius 2 is 0.970 bits per heavy atom. The molecular formula is C25H16N4O4. The van der Waals surface area contributed by atoms with Gasteiger partial charge in [-0.25, -0.2) is 4.98 Å². The van der Waals surface area contributed by atoms with Gasteiger partial charge in [-0.1, -0.05) is 36.4 Å². The maximum absolute atomic E-state index is 11.2. The predicted molar refractivity (Wildman–Crippen MR) is 127 cm³/mol. The first-order valence-electron chi connectivity index (χ1n) is 10.1. The molecule has 160 valence electrons. The zero-order valence-electron chi connectivity index (χ0n) is 17.2. The third kappa shape index (κ3) is 3.59. The van der Waals surface area contributed by atoms with Crippen LogP contribution >= 0.6 is 0 Å². The Hall–Kier alpha value is -4.85. The fourth-order valence-corrected chi connectivity index (χ4v) is 3.91. The van der Waals surface area contributed by atoms with Crippen molar-refractivity contribution in [2.75, 3.05) is 4.90 Å². The maximum Gasteiger partial charge on any atom is 0.269 e. The lowest BCUT2D eigenvalue weighted by Crippen LogP contribution is -2.11. The Balaban J connectivity index is 1.83. The number of anilines is 3. The normalized spacial score (nSPS) is 10.9. The van der Waals surface area contributed by atoms with Crippen LogP contribution in [0.15, 0.2) is 97.1 Å². The first kappa shape index (κ1) is 20.1. The number of hydrogen-bond acceptors (Lipinski definition) is 6. The molecule has 5 aromatic rings. The number of aromatic nitrogens is 1. The molecule has 0 amide bonds. The molecule has 0 atom stereocenters. The molecule has 0 aliphatic heterocycles. The third-order valence-corrected chi connectivity index (χ3v) is 5.42. The van der Waals surface area contributed by atoms with Crippen LogP contribution in [0.1, 0.15) is 0 Å². The summed E-state index contributed by atoms with van der Waals surface area (Å²) in [5.41, 5.74) is 3.73. The number of nitro groups is 2. The minimum Gasteiger partial charge on any atom is -0.309 e. The summed E-state index contributed by atoms with van der Waals surface area (Å²) in [6, 6.07) is 27.9. The van der Waals surface area contributed by atoms with Gasteiger partial charge in [0.25, 0.3) is 11.4 Å². The van der Waals surface area contributed by atoms with E-state index in [4.69, 9.17) is 4.98 Å². The first-order chi connectivity index (χ1) is 16.0. The Bertz CT molecular complexity index is 1400. The molecular weight excluding hydrogens is 420 g/mol. The first-order valence-corrected chi connectivity index (χ1v) is 10.1. The standard InChI is InChI=1S/C25H16N4O4/c30-28(31)19-13-9-17(10-14-19)27(18-11-15-20(16-12-18)29(32)33)25-21-5-1-3-7-23(21)26-24-8-4-2-6-22(24)25/h1-16H. The smallest absolute Gasteiger partial charge is 0.269 e. The van der Waals surface area contributed by atoms with Crippen molar-refractivity contribution in [2.24, 2.45) is 0 Å². The van der Waals surface area contributed by atoms with Crippen LogP contribution < -0.4 is 4.90 Å². The molecule has 5 rings (SSSR count). The zero-order chi connectivity index (χ0) is 22.9. The van der Waals surface area contributed by atoms with Crippen molar-refractivity contribution in [3.8, 4) is 0 Å². The highest BCUT2D eigenvalue weighted by atomic mass is 16.6. The van der Waals surface area contributed by atoms with Crippen molar-refractivity contribution in [1.82, 2.24) is 4.98 Å². The van der Waals surface area contributed by atoms with Crippen LogP contribution in [0.2, 0.25) is 0 Å². The maximum atomic E-state index is 11.2. The highest BCUT2D eigenvalue weighted by molar-refractivity contribution is 6.11. The molecule has 0 saturated heterocycles. The van der Waals surface area contributed by atoms with Crippen LogP contribution in [-0.2, 0) is 0 Å². The number of pyridine rings is 1. The summed E-state index contributed by atoms with van der Waals surface area (Å²) in [6.45, 7) is 0. The van der Waals surface area contributed by atoms with E-state index in [-0.39, 0.29) is 11.4 Å². The van der Waals surface area contributed by atoms with Crippen molar-refractivity contribution in [1.29, 1.82) is 0 Å². The molecule has 1 heterocycles. The quantitative estimate of drug-likeness (QED) is 0.173. The van der Waals surface area contributed by atoms with Crippen LogP contribution in [-0.4, -0.2) is 14.8 Å². The number of non-ortho nitro benzene ring substituents is 2. The lowest BCUT2D eigenvalue weighted by molar-refractivity contribution is -0.385. The van der Waals surface area contributed by atoms with E-state index in [0.717, 1.165) is 27.5 Å². The van der Waals surface area contributed by atoms with E-state index >= 15 is 0 Å². The molecule has 33 heavy (non-hydrogen) atoms. The van der Waals surface area contributed by atoms with Crippen LogP contribution in [0.4, 0.5) is 28.4 Å². The Morgan fingerprint density at radius 1 is 0.576 bits per heavy atom. The van der Waals surface area contributed by atoms with Gasteiger partial charge >= 0.3 is 0 Å². The molecule has 4 aromatic carbocycles. The van der Waals surface area contributed by atoms with Crippen molar-refractivity contribution < 1.29 is 9.85 Å². The average Bonchev–Trinajstić information content (AvgIpc) is 2.84. The lowest BCUT2D eigenvalue weighted by atomic mass is 10.0. The Kier molecular flexibility index (Phi) is 4.87. The van der Waals surface area contributed by atoms with E-state index in [1.807, 2.05) is 53.4 Å². The Labute approximate surface area is 187 Å². The average molecular weight is 436 g/mol. The summed E-state index contributed by atoms with van der Waals surface area (Å²) < 4.78 is 0.